The van der Waals surface area contributed by atoms with Gasteiger partial charge in [-0.15, -0.1) is 11.6 Å². The van der Waals surface area contributed by atoms with E-state index >= 15 is 0 Å². The zero-order valence-corrected chi connectivity index (χ0v) is 20.0. The second-order valence-corrected chi connectivity index (χ2v) is 8.97. The summed E-state index contributed by atoms with van der Waals surface area (Å²) in [5.41, 5.74) is 4.18. The number of methoxy groups -OCH3 is 1. The Morgan fingerprint density at radius 3 is 2.65 bits per heavy atom. The zero-order chi connectivity index (χ0) is 24.1. The first kappa shape index (κ1) is 22.3. The number of aromatic nitrogens is 1. The van der Waals surface area contributed by atoms with Crippen LogP contribution in [-0.2, 0) is 6.42 Å². The van der Waals surface area contributed by atoms with E-state index < -0.39 is 0 Å². The van der Waals surface area contributed by atoms with Crippen LogP contribution in [-0.4, -0.2) is 41.3 Å². The molecule has 0 saturated heterocycles. The molecule has 5 rings (SSSR count). The molecule has 6 nitrogen and oxygen atoms in total. The van der Waals surface area contributed by atoms with Crippen molar-refractivity contribution in [2.75, 3.05) is 24.4 Å². The summed E-state index contributed by atoms with van der Waals surface area (Å²) in [7, 11) is 1.59. The maximum absolute atomic E-state index is 13.7. The maximum atomic E-state index is 13.7. The van der Waals surface area contributed by atoms with Gasteiger partial charge in [-0.3, -0.25) is 9.59 Å². The van der Waals surface area contributed by atoms with Gasteiger partial charge in [0.25, 0.3) is 5.91 Å². The molecule has 1 atom stereocenters. The van der Waals surface area contributed by atoms with E-state index in [9.17, 15) is 14.7 Å². The molecule has 34 heavy (non-hydrogen) atoms. The quantitative estimate of drug-likeness (QED) is 0.282. The van der Waals surface area contributed by atoms with Crippen molar-refractivity contribution in [3.8, 4) is 11.5 Å². The molecule has 0 bridgehead atoms. The lowest BCUT2D eigenvalue weighted by Crippen LogP contribution is -2.30. The van der Waals surface area contributed by atoms with E-state index in [2.05, 4.69) is 4.98 Å². The number of alkyl halides is 1. The smallest absolute Gasteiger partial charge is 0.274 e. The lowest BCUT2D eigenvalue weighted by molar-refractivity contribution is 0.0981. The fraction of sp³-hybridized carbons (Fsp3) is 0.259. The number of halogens is 1. The van der Waals surface area contributed by atoms with Crippen LogP contribution < -0.4 is 9.64 Å². The number of carbonyl (C=O) groups excluding carboxylic acids is 2. The minimum atomic E-state index is -0.237. The highest BCUT2D eigenvalue weighted by Crippen LogP contribution is 2.46. The molecular weight excluding hydrogens is 452 g/mol. The number of hydrogen-bond acceptors (Lipinski definition) is 4. The van der Waals surface area contributed by atoms with Crippen LogP contribution in [0.15, 0.2) is 42.5 Å². The number of Topliss-reactive ketones (excluding diaryl/α,β-unsaturated/α-hetero) is 1. The number of benzene rings is 3. The predicted molar refractivity (Wildman–Crippen MR) is 135 cm³/mol. The van der Waals surface area contributed by atoms with E-state index in [0.29, 0.717) is 46.0 Å². The molecule has 1 aliphatic heterocycles. The van der Waals surface area contributed by atoms with Crippen LogP contribution in [0.4, 0.5) is 5.69 Å². The minimum Gasteiger partial charge on any atom is -0.507 e. The van der Waals surface area contributed by atoms with Gasteiger partial charge in [0.15, 0.2) is 5.78 Å². The summed E-state index contributed by atoms with van der Waals surface area (Å²) >= 11 is 6.34. The molecule has 7 heteroatoms. The molecule has 4 aromatic rings. The fourth-order valence-electron chi connectivity index (χ4n) is 5.10. The SMILES string of the molecule is CCc1ccc2cc(C(=O)N3C[C@@H](CCl)c4c3cc(O)c3ccc(OC)cc43)[nH]c2c1C(C)=O. The van der Waals surface area contributed by atoms with Gasteiger partial charge in [0.05, 0.1) is 18.3 Å². The van der Waals surface area contributed by atoms with Gasteiger partial charge < -0.3 is 19.7 Å². The number of rotatable bonds is 5. The molecule has 1 amide bonds. The number of fused-ring (bicyclic) bond motifs is 4. The largest absolute Gasteiger partial charge is 0.507 e. The standard InChI is InChI=1S/C27H25ClN2O4/c1-4-15-5-6-16-9-21(29-26(16)24(15)14(2)31)27(33)30-13-17(12-28)25-20-10-18(34-3)7-8-19(20)23(32)11-22(25)30/h5-11,17,29,32H,4,12-13H2,1-3H3/t17-/m1/s1. The molecule has 2 N–H and O–H groups in total. The third-order valence-corrected chi connectivity index (χ3v) is 7.09. The van der Waals surface area contributed by atoms with Gasteiger partial charge in [0.2, 0.25) is 0 Å². The number of ether oxygens (including phenoxy) is 1. The van der Waals surface area contributed by atoms with Crippen molar-refractivity contribution >= 4 is 50.7 Å². The Morgan fingerprint density at radius 2 is 1.97 bits per heavy atom. The molecule has 0 saturated carbocycles. The number of hydrogen-bond donors (Lipinski definition) is 2. The lowest BCUT2D eigenvalue weighted by atomic mass is 9.95. The van der Waals surface area contributed by atoms with Crippen molar-refractivity contribution in [1.29, 1.82) is 0 Å². The first-order valence-corrected chi connectivity index (χ1v) is 11.8. The van der Waals surface area contributed by atoms with E-state index in [4.69, 9.17) is 16.3 Å². The minimum absolute atomic E-state index is 0.0395. The van der Waals surface area contributed by atoms with Crippen LogP contribution in [0.1, 0.15) is 51.7 Å². The fourth-order valence-corrected chi connectivity index (χ4v) is 5.35. The van der Waals surface area contributed by atoms with Crippen molar-refractivity contribution in [2.24, 2.45) is 0 Å². The number of phenols is 1. The molecule has 0 unspecified atom stereocenters. The molecule has 0 aliphatic carbocycles. The van der Waals surface area contributed by atoms with Crippen LogP contribution >= 0.6 is 11.6 Å². The number of aromatic hydroxyl groups is 1. The van der Waals surface area contributed by atoms with Crippen molar-refractivity contribution < 1.29 is 19.4 Å². The zero-order valence-electron chi connectivity index (χ0n) is 19.2. The Balaban J connectivity index is 1.65. The Labute approximate surface area is 202 Å². The second kappa shape index (κ2) is 8.37. The third-order valence-electron chi connectivity index (χ3n) is 6.72. The number of carbonyl (C=O) groups is 2. The number of aryl methyl sites for hydroxylation is 1. The molecule has 0 spiro atoms. The number of phenolic OH excluding ortho intramolecular Hbond substituents is 1. The van der Waals surface area contributed by atoms with E-state index in [1.807, 2.05) is 31.2 Å². The van der Waals surface area contributed by atoms with Crippen LogP contribution in [0.25, 0.3) is 21.7 Å². The van der Waals surface area contributed by atoms with Gasteiger partial charge in [-0.25, -0.2) is 0 Å². The first-order valence-electron chi connectivity index (χ1n) is 11.2. The number of amides is 1. The van der Waals surface area contributed by atoms with Crippen LogP contribution in [0.2, 0.25) is 0 Å². The third kappa shape index (κ3) is 3.32. The summed E-state index contributed by atoms with van der Waals surface area (Å²) < 4.78 is 5.39. The van der Waals surface area contributed by atoms with Gasteiger partial charge in [-0.05, 0) is 54.1 Å². The average molecular weight is 477 g/mol. The molecule has 2 heterocycles. The summed E-state index contributed by atoms with van der Waals surface area (Å²) in [4.78, 5) is 30.9. The van der Waals surface area contributed by atoms with Gasteiger partial charge in [0.1, 0.15) is 17.2 Å². The Bertz CT molecular complexity index is 1470. The van der Waals surface area contributed by atoms with Crippen LogP contribution in [0, 0.1) is 0 Å². The molecular formula is C27H25ClN2O4. The number of H-pyrrole nitrogens is 1. The number of nitrogens with zero attached hydrogens (tertiary/aromatic N) is 1. The Kier molecular flexibility index (Phi) is 5.48. The van der Waals surface area contributed by atoms with Crippen LogP contribution in [0.3, 0.4) is 0 Å². The summed E-state index contributed by atoms with van der Waals surface area (Å²) in [6.07, 6.45) is 0.722. The highest BCUT2D eigenvalue weighted by molar-refractivity contribution is 6.19. The average Bonchev–Trinajstić information content (AvgIpc) is 3.44. The van der Waals surface area contributed by atoms with Gasteiger partial charge in [-0.1, -0.05) is 19.1 Å². The van der Waals surface area contributed by atoms with Gasteiger partial charge in [-0.2, -0.15) is 0 Å². The highest BCUT2D eigenvalue weighted by Gasteiger charge is 2.35. The summed E-state index contributed by atoms with van der Waals surface area (Å²) in [6.45, 7) is 3.94. The highest BCUT2D eigenvalue weighted by atomic mass is 35.5. The monoisotopic (exact) mass is 476 g/mol. The van der Waals surface area contributed by atoms with E-state index in [1.165, 1.54) is 0 Å². The molecule has 3 aromatic carbocycles. The first-order chi connectivity index (χ1) is 16.4. The topological polar surface area (TPSA) is 82.6 Å². The number of ketones is 1. The molecule has 0 radical (unpaired) electrons. The van der Waals surface area contributed by atoms with Crippen molar-refractivity contribution in [3.05, 3.63) is 64.8 Å². The van der Waals surface area contributed by atoms with E-state index in [0.717, 1.165) is 28.3 Å². The summed E-state index contributed by atoms with van der Waals surface area (Å²) in [5, 5.41) is 13.1. The van der Waals surface area contributed by atoms with Crippen molar-refractivity contribution in [1.82, 2.24) is 4.98 Å². The predicted octanol–water partition coefficient (Wildman–Crippen LogP) is 5.78. The van der Waals surface area contributed by atoms with E-state index in [-0.39, 0.29) is 23.4 Å². The second-order valence-electron chi connectivity index (χ2n) is 8.66. The molecule has 0 fully saturated rings. The summed E-state index contributed by atoms with van der Waals surface area (Å²) in [5.74, 6) is 0.709. The molecule has 1 aliphatic rings. The van der Waals surface area contributed by atoms with Crippen molar-refractivity contribution in [3.63, 3.8) is 0 Å². The maximum Gasteiger partial charge on any atom is 0.274 e. The Hall–Kier alpha value is -3.51. The number of aromatic amines is 1. The summed E-state index contributed by atoms with van der Waals surface area (Å²) in [6, 6.07) is 12.8. The van der Waals surface area contributed by atoms with Gasteiger partial charge in [0, 0.05) is 40.7 Å². The van der Waals surface area contributed by atoms with Crippen LogP contribution in [0.5, 0.6) is 11.5 Å². The van der Waals surface area contributed by atoms with Crippen molar-refractivity contribution in [2.45, 2.75) is 26.2 Å². The molecule has 174 valence electrons. The lowest BCUT2D eigenvalue weighted by Gasteiger charge is -2.18. The molecule has 1 aromatic heterocycles. The number of nitrogens with one attached hydrogen (secondary N) is 1. The number of anilines is 1. The van der Waals surface area contributed by atoms with Gasteiger partial charge >= 0.3 is 0 Å². The van der Waals surface area contributed by atoms with E-state index in [1.54, 1.807) is 37.1 Å². The Morgan fingerprint density at radius 1 is 1.18 bits per heavy atom. The normalized spacial score (nSPS) is 15.2.